The zero-order valence-corrected chi connectivity index (χ0v) is 20.1. The van der Waals surface area contributed by atoms with Crippen LogP contribution in [0.25, 0.3) is 0 Å². The summed E-state index contributed by atoms with van der Waals surface area (Å²) in [4.78, 5) is 23.2. The Kier molecular flexibility index (Phi) is 8.15. The second-order valence-corrected chi connectivity index (χ2v) is 8.30. The highest BCUT2D eigenvalue weighted by Crippen LogP contribution is 2.41. The normalized spacial score (nSPS) is 11.1. The van der Waals surface area contributed by atoms with Gasteiger partial charge in [-0.25, -0.2) is 9.07 Å². The van der Waals surface area contributed by atoms with Gasteiger partial charge in [0.05, 0.1) is 12.7 Å². The molecule has 0 fully saturated rings. The zero-order valence-electron chi connectivity index (χ0n) is 20.1. The van der Waals surface area contributed by atoms with E-state index in [1.54, 1.807) is 0 Å². The molecule has 0 unspecified atom stereocenters. The minimum Gasteiger partial charge on any atom is -0.530 e. The Morgan fingerprint density at radius 3 is 1.84 bits per heavy atom. The van der Waals surface area contributed by atoms with Crippen LogP contribution >= 0.6 is 0 Å². The highest BCUT2D eigenvalue weighted by molar-refractivity contribution is 5.94. The van der Waals surface area contributed by atoms with Crippen molar-refractivity contribution in [2.75, 3.05) is 23.9 Å². The average molecular weight is 501 g/mol. The number of aryl methyl sites for hydroxylation is 1. The lowest BCUT2D eigenvalue weighted by Crippen LogP contribution is -2.39. The average Bonchev–Trinajstić information content (AvgIpc) is 3.29. The largest absolute Gasteiger partial charge is 0.530 e. The van der Waals surface area contributed by atoms with E-state index in [2.05, 4.69) is 21.0 Å². The summed E-state index contributed by atoms with van der Waals surface area (Å²) in [5.41, 5.74) is 2.20. The second kappa shape index (κ2) is 11.9. The molecule has 3 aromatic carbocycles. The first-order chi connectivity index (χ1) is 18.0. The molecule has 0 bridgehead atoms. The maximum Gasteiger partial charge on any atom is 0.226 e. The van der Waals surface area contributed by atoms with E-state index in [1.165, 1.54) is 10.9 Å². The number of nitrogens with zero attached hydrogens (tertiary/aromatic N) is 2. The van der Waals surface area contributed by atoms with Crippen LogP contribution in [0, 0.1) is 0 Å². The van der Waals surface area contributed by atoms with Crippen LogP contribution in [-0.4, -0.2) is 35.0 Å². The Hall–Kier alpha value is -4.66. The van der Waals surface area contributed by atoms with Gasteiger partial charge in [-0.2, -0.15) is 5.10 Å². The van der Waals surface area contributed by atoms with Gasteiger partial charge in [0, 0.05) is 13.0 Å². The molecule has 3 N–H and O–H groups in total. The van der Waals surface area contributed by atoms with Gasteiger partial charge in [0.15, 0.2) is 0 Å². The van der Waals surface area contributed by atoms with Gasteiger partial charge in [-0.3, -0.25) is 4.79 Å². The number of hydrogen-bond acceptors (Lipinski definition) is 5. The topological polar surface area (TPSA) is 111 Å². The number of halogens is 1. The van der Waals surface area contributed by atoms with E-state index in [-0.39, 0.29) is 19.5 Å². The smallest absolute Gasteiger partial charge is 0.226 e. The first kappa shape index (κ1) is 25.4. The van der Waals surface area contributed by atoms with Crippen molar-refractivity contribution >= 4 is 23.5 Å². The van der Waals surface area contributed by atoms with Crippen LogP contribution in [0.4, 0.5) is 20.7 Å². The number of carbonyl (C=O) groups excluding carboxylic acids is 2. The summed E-state index contributed by atoms with van der Waals surface area (Å²) in [5.74, 6) is -0.0169. The maximum atomic E-state index is 13.5. The molecular weight excluding hydrogens is 473 g/mol. The molecule has 4 rings (SSSR count). The number of benzene rings is 3. The lowest BCUT2D eigenvalue weighted by Gasteiger charge is -2.38. The van der Waals surface area contributed by atoms with Crippen LogP contribution < -0.4 is 21.1 Å². The summed E-state index contributed by atoms with van der Waals surface area (Å²) < 4.78 is 15.0. The fraction of sp³-hybridized carbons (Fsp3) is 0.179. The number of carboxylic acid groups (broad SMARTS) is 1. The van der Waals surface area contributed by atoms with E-state index in [1.807, 2.05) is 91.0 Å². The molecule has 8 nitrogen and oxygen atoms in total. The summed E-state index contributed by atoms with van der Waals surface area (Å²) in [5, 5.41) is 23.4. The lowest BCUT2D eigenvalue weighted by molar-refractivity contribution is -0.250. The summed E-state index contributed by atoms with van der Waals surface area (Å²) in [6.07, 6.45) is -0.110. The van der Waals surface area contributed by atoms with Gasteiger partial charge in [0.25, 0.3) is 0 Å². The van der Waals surface area contributed by atoms with Crippen LogP contribution in [0.3, 0.4) is 0 Å². The lowest BCUT2D eigenvalue weighted by atomic mass is 9.77. The molecule has 0 saturated carbocycles. The molecule has 0 aliphatic rings. The molecule has 190 valence electrons. The van der Waals surface area contributed by atoms with Crippen LogP contribution in [0.15, 0.2) is 97.2 Å². The van der Waals surface area contributed by atoms with Crippen molar-refractivity contribution in [3.63, 3.8) is 0 Å². The summed E-state index contributed by atoms with van der Waals surface area (Å²) in [6.45, 7) is -0.787. The Morgan fingerprint density at radius 2 is 1.38 bits per heavy atom. The molecule has 0 atom stereocenters. The monoisotopic (exact) mass is 500 g/mol. The molecule has 0 aliphatic heterocycles. The second-order valence-electron chi connectivity index (χ2n) is 8.30. The first-order valence-corrected chi connectivity index (χ1v) is 11.9. The van der Waals surface area contributed by atoms with Crippen molar-refractivity contribution in [2.24, 2.45) is 0 Å². The van der Waals surface area contributed by atoms with Crippen molar-refractivity contribution in [2.45, 2.75) is 18.5 Å². The van der Waals surface area contributed by atoms with Gasteiger partial charge < -0.3 is 25.9 Å². The zero-order chi connectivity index (χ0) is 26.1. The Labute approximate surface area is 214 Å². The Bertz CT molecular complexity index is 1220. The van der Waals surface area contributed by atoms with E-state index < -0.39 is 24.2 Å². The van der Waals surface area contributed by atoms with Crippen molar-refractivity contribution in [3.05, 3.63) is 114 Å². The van der Waals surface area contributed by atoms with E-state index in [0.717, 1.165) is 16.7 Å². The van der Waals surface area contributed by atoms with Gasteiger partial charge in [0.1, 0.15) is 29.8 Å². The number of anilines is 2. The van der Waals surface area contributed by atoms with Gasteiger partial charge in [-0.15, -0.1) is 0 Å². The molecule has 0 aliphatic carbocycles. The number of carbonyl (C=O) groups is 2. The van der Waals surface area contributed by atoms with Gasteiger partial charge in [-0.05, 0) is 16.7 Å². The highest BCUT2D eigenvalue weighted by atomic mass is 19.1. The van der Waals surface area contributed by atoms with Crippen LogP contribution in [-0.2, 0) is 16.9 Å². The maximum absolute atomic E-state index is 13.5. The Morgan fingerprint density at radius 1 is 0.865 bits per heavy atom. The minimum absolute atomic E-state index is 0.0289. The molecule has 2 amide bonds. The van der Waals surface area contributed by atoms with Crippen molar-refractivity contribution < 1.29 is 19.1 Å². The molecule has 4 aromatic rings. The molecule has 0 radical (unpaired) electrons. The molecule has 9 heteroatoms. The van der Waals surface area contributed by atoms with Crippen molar-refractivity contribution in [1.82, 2.24) is 15.1 Å². The number of amides is 2. The van der Waals surface area contributed by atoms with Gasteiger partial charge >= 0.3 is 0 Å². The van der Waals surface area contributed by atoms with E-state index in [9.17, 15) is 19.1 Å². The van der Waals surface area contributed by atoms with E-state index in [4.69, 9.17) is 0 Å². The highest BCUT2D eigenvalue weighted by Gasteiger charge is 2.38. The molecule has 1 aromatic heterocycles. The fourth-order valence-corrected chi connectivity index (χ4v) is 4.31. The molecule has 0 spiro atoms. The first-order valence-electron chi connectivity index (χ1n) is 11.9. The number of rotatable bonds is 11. The van der Waals surface area contributed by atoms with Crippen molar-refractivity contribution in [3.8, 4) is 0 Å². The van der Waals surface area contributed by atoms with Gasteiger partial charge in [0.2, 0.25) is 5.91 Å². The van der Waals surface area contributed by atoms with Crippen LogP contribution in [0.2, 0.25) is 0 Å². The Balaban J connectivity index is 1.83. The van der Waals surface area contributed by atoms with Crippen molar-refractivity contribution in [1.29, 1.82) is 0 Å². The van der Waals surface area contributed by atoms with E-state index in [0.29, 0.717) is 11.5 Å². The summed E-state index contributed by atoms with van der Waals surface area (Å²) in [7, 11) is 0. The SMILES string of the molecule is O=C([O-])NCCC(=O)Nc1cnn(CCF)c1NC(c1ccccc1)(c1ccccc1)c1ccccc1. The van der Waals surface area contributed by atoms with Crippen LogP contribution in [0.1, 0.15) is 23.1 Å². The predicted molar refractivity (Wildman–Crippen MR) is 138 cm³/mol. The minimum atomic E-state index is -1.45. The third-order valence-corrected chi connectivity index (χ3v) is 5.96. The third kappa shape index (κ3) is 5.78. The molecule has 0 saturated heterocycles. The summed E-state index contributed by atoms with van der Waals surface area (Å²) >= 11 is 0. The third-order valence-electron chi connectivity index (χ3n) is 5.96. The molecule has 1 heterocycles. The van der Waals surface area contributed by atoms with E-state index >= 15 is 0 Å². The molecule has 37 heavy (non-hydrogen) atoms. The number of aromatic nitrogens is 2. The predicted octanol–water partition coefficient (Wildman–Crippen LogP) is 3.52. The number of nitrogens with one attached hydrogen (secondary N) is 3. The summed E-state index contributed by atoms with van der Waals surface area (Å²) in [6, 6.07) is 29.5. The molecular formula is C28H27FN5O3-. The van der Waals surface area contributed by atoms with Gasteiger partial charge in [-0.1, -0.05) is 91.0 Å². The number of alkyl halides is 1. The fourth-order valence-electron chi connectivity index (χ4n) is 4.31. The standard InChI is InChI=1S/C28H28FN5O3/c29-17-19-34-26(24(20-31-34)32-25(35)16-18-30-27(36)37)33-28(21-10-4-1-5-11-21,22-12-6-2-7-13-22)23-14-8-3-9-15-23/h1-15,20,30,33H,16-19H2,(H,32,35)(H,36,37)/p-1. The number of hydrogen-bond donors (Lipinski definition) is 3. The van der Waals surface area contributed by atoms with Crippen LogP contribution in [0.5, 0.6) is 0 Å². The quantitative estimate of drug-likeness (QED) is 0.273.